The summed E-state index contributed by atoms with van der Waals surface area (Å²) < 4.78 is 0.966. The molecule has 1 aromatic rings. The Balaban J connectivity index is 2.18. The summed E-state index contributed by atoms with van der Waals surface area (Å²) in [6.07, 6.45) is 5.07. The van der Waals surface area contributed by atoms with Gasteiger partial charge in [0.2, 0.25) is 0 Å². The largest absolute Gasteiger partial charge is 0.371 e. The highest BCUT2D eigenvalue weighted by molar-refractivity contribution is 9.10. The predicted molar refractivity (Wildman–Crippen MR) is 78.7 cm³/mol. The monoisotopic (exact) mass is 306 g/mol. The van der Waals surface area contributed by atoms with E-state index in [0.29, 0.717) is 6.04 Å². The average Bonchev–Trinajstić information content (AvgIpc) is 2.38. The number of nitriles is 1. The van der Waals surface area contributed by atoms with Crippen LogP contribution in [0.15, 0.2) is 22.7 Å². The van der Waals surface area contributed by atoms with Gasteiger partial charge in [0.25, 0.3) is 0 Å². The van der Waals surface area contributed by atoms with Crippen LogP contribution in [-0.2, 0) is 0 Å². The second kappa shape index (κ2) is 5.75. The summed E-state index contributed by atoms with van der Waals surface area (Å²) in [5.74, 6) is 0.856. The van der Waals surface area contributed by atoms with Crippen LogP contribution in [0.1, 0.15) is 38.2 Å². The number of nitrogens with zero attached hydrogens (tertiary/aromatic N) is 2. The van der Waals surface area contributed by atoms with Crippen molar-refractivity contribution in [2.45, 2.75) is 38.6 Å². The standard InChI is InChI=1S/C15H19BrN2/c1-11-3-6-14(7-4-11)18(2)15-8-5-13(16)9-12(15)10-17/h5,8-9,11,14H,3-4,6-7H2,1-2H3. The smallest absolute Gasteiger partial charge is 0.101 e. The summed E-state index contributed by atoms with van der Waals surface area (Å²) in [7, 11) is 2.12. The van der Waals surface area contributed by atoms with E-state index in [-0.39, 0.29) is 0 Å². The summed E-state index contributed by atoms with van der Waals surface area (Å²) in [4.78, 5) is 2.29. The molecule has 2 rings (SSSR count). The van der Waals surface area contributed by atoms with Crippen molar-refractivity contribution in [3.8, 4) is 6.07 Å². The molecule has 1 saturated carbocycles. The summed E-state index contributed by atoms with van der Waals surface area (Å²) in [6.45, 7) is 2.33. The molecule has 1 fully saturated rings. The van der Waals surface area contributed by atoms with E-state index in [1.54, 1.807) is 0 Å². The highest BCUT2D eigenvalue weighted by Gasteiger charge is 2.23. The fourth-order valence-corrected chi connectivity index (χ4v) is 3.09. The lowest BCUT2D eigenvalue weighted by atomic mass is 9.86. The topological polar surface area (TPSA) is 27.0 Å². The van der Waals surface area contributed by atoms with Crippen molar-refractivity contribution in [2.24, 2.45) is 5.92 Å². The van der Waals surface area contributed by atoms with Crippen LogP contribution < -0.4 is 4.90 Å². The van der Waals surface area contributed by atoms with E-state index in [1.165, 1.54) is 25.7 Å². The number of hydrogen-bond acceptors (Lipinski definition) is 2. The van der Waals surface area contributed by atoms with Crippen LogP contribution in [0.2, 0.25) is 0 Å². The van der Waals surface area contributed by atoms with Gasteiger partial charge in [-0.25, -0.2) is 0 Å². The molecule has 0 atom stereocenters. The number of halogens is 1. The molecule has 2 nitrogen and oxygen atoms in total. The fourth-order valence-electron chi connectivity index (χ4n) is 2.73. The van der Waals surface area contributed by atoms with Gasteiger partial charge in [-0.3, -0.25) is 0 Å². The van der Waals surface area contributed by atoms with E-state index in [9.17, 15) is 5.26 Å². The van der Waals surface area contributed by atoms with Crippen molar-refractivity contribution in [1.82, 2.24) is 0 Å². The maximum atomic E-state index is 9.23. The maximum Gasteiger partial charge on any atom is 0.101 e. The Morgan fingerprint density at radius 2 is 1.94 bits per heavy atom. The van der Waals surface area contributed by atoms with Gasteiger partial charge in [0.15, 0.2) is 0 Å². The summed E-state index contributed by atoms with van der Waals surface area (Å²) in [6, 6.07) is 8.83. The van der Waals surface area contributed by atoms with Crippen LogP contribution in [0.4, 0.5) is 5.69 Å². The molecule has 1 aromatic carbocycles. The zero-order valence-corrected chi connectivity index (χ0v) is 12.6. The highest BCUT2D eigenvalue weighted by atomic mass is 79.9. The summed E-state index contributed by atoms with van der Waals surface area (Å²) in [5, 5.41) is 9.23. The van der Waals surface area contributed by atoms with Crippen molar-refractivity contribution >= 4 is 21.6 Å². The van der Waals surface area contributed by atoms with Gasteiger partial charge in [0.05, 0.1) is 11.3 Å². The first kappa shape index (κ1) is 13.4. The van der Waals surface area contributed by atoms with E-state index in [1.807, 2.05) is 18.2 Å². The Bertz CT molecular complexity index is 456. The minimum Gasteiger partial charge on any atom is -0.371 e. The Hall–Kier alpha value is -1.01. The van der Waals surface area contributed by atoms with Crippen LogP contribution in [-0.4, -0.2) is 13.1 Å². The minimum atomic E-state index is 0.578. The lowest BCUT2D eigenvalue weighted by Crippen LogP contribution is -2.35. The van der Waals surface area contributed by atoms with Gasteiger partial charge in [0.1, 0.15) is 6.07 Å². The van der Waals surface area contributed by atoms with Crippen LogP contribution in [0.5, 0.6) is 0 Å². The number of anilines is 1. The molecule has 0 saturated heterocycles. The molecule has 0 aromatic heterocycles. The van der Waals surface area contributed by atoms with Crippen LogP contribution in [0.25, 0.3) is 0 Å². The van der Waals surface area contributed by atoms with Gasteiger partial charge in [-0.1, -0.05) is 22.9 Å². The molecule has 0 amide bonds. The second-order valence-corrected chi connectivity index (χ2v) is 6.21. The Morgan fingerprint density at radius 1 is 1.28 bits per heavy atom. The van der Waals surface area contributed by atoms with Crippen molar-refractivity contribution in [3.05, 3.63) is 28.2 Å². The minimum absolute atomic E-state index is 0.578. The first-order valence-electron chi connectivity index (χ1n) is 6.54. The Kier molecular flexibility index (Phi) is 4.29. The third kappa shape index (κ3) is 2.87. The van der Waals surface area contributed by atoms with E-state index in [4.69, 9.17) is 0 Å². The average molecular weight is 307 g/mol. The zero-order valence-electron chi connectivity index (χ0n) is 11.0. The van der Waals surface area contributed by atoms with Crippen molar-refractivity contribution in [3.63, 3.8) is 0 Å². The molecule has 0 unspecified atom stereocenters. The molecule has 0 spiro atoms. The van der Waals surface area contributed by atoms with Gasteiger partial charge in [0, 0.05) is 17.6 Å². The van der Waals surface area contributed by atoms with Gasteiger partial charge in [-0.2, -0.15) is 5.26 Å². The number of benzene rings is 1. The third-order valence-corrected chi connectivity index (χ3v) is 4.49. The van der Waals surface area contributed by atoms with Crippen LogP contribution in [0, 0.1) is 17.2 Å². The first-order valence-corrected chi connectivity index (χ1v) is 7.33. The molecule has 18 heavy (non-hydrogen) atoms. The third-order valence-electron chi connectivity index (χ3n) is 3.99. The van der Waals surface area contributed by atoms with Crippen LogP contribution >= 0.6 is 15.9 Å². The molecular weight excluding hydrogens is 288 g/mol. The molecule has 0 N–H and O–H groups in total. The lowest BCUT2D eigenvalue weighted by molar-refractivity contribution is 0.340. The summed E-state index contributed by atoms with van der Waals surface area (Å²) in [5.41, 5.74) is 1.81. The molecule has 0 aliphatic heterocycles. The Labute approximate surface area is 118 Å². The van der Waals surface area contributed by atoms with E-state index in [0.717, 1.165) is 21.6 Å². The van der Waals surface area contributed by atoms with Crippen molar-refractivity contribution in [2.75, 3.05) is 11.9 Å². The molecule has 0 heterocycles. The summed E-state index contributed by atoms with van der Waals surface area (Å²) >= 11 is 3.42. The highest BCUT2D eigenvalue weighted by Crippen LogP contribution is 2.31. The molecule has 1 aliphatic carbocycles. The first-order chi connectivity index (χ1) is 8.61. The van der Waals surface area contributed by atoms with E-state index < -0.39 is 0 Å². The molecule has 1 aliphatic rings. The molecule has 3 heteroatoms. The SMILES string of the molecule is CC1CCC(N(C)c2ccc(Br)cc2C#N)CC1. The van der Waals surface area contributed by atoms with Crippen molar-refractivity contribution in [1.29, 1.82) is 5.26 Å². The lowest BCUT2D eigenvalue weighted by Gasteiger charge is -2.35. The molecule has 0 bridgehead atoms. The van der Waals surface area contributed by atoms with Crippen molar-refractivity contribution < 1.29 is 0 Å². The van der Waals surface area contributed by atoms with Gasteiger partial charge < -0.3 is 4.90 Å². The maximum absolute atomic E-state index is 9.23. The molecule has 0 radical (unpaired) electrons. The molecule has 96 valence electrons. The quantitative estimate of drug-likeness (QED) is 0.813. The number of rotatable bonds is 2. The number of hydrogen-bond donors (Lipinski definition) is 0. The predicted octanol–water partition coefficient (Wildman–Crippen LogP) is 4.34. The van der Waals surface area contributed by atoms with Crippen LogP contribution in [0.3, 0.4) is 0 Å². The van der Waals surface area contributed by atoms with Gasteiger partial charge >= 0.3 is 0 Å². The Morgan fingerprint density at radius 3 is 2.56 bits per heavy atom. The van der Waals surface area contributed by atoms with Gasteiger partial charge in [-0.05, 0) is 49.8 Å². The van der Waals surface area contributed by atoms with E-state index >= 15 is 0 Å². The normalized spacial score (nSPS) is 23.4. The van der Waals surface area contributed by atoms with E-state index in [2.05, 4.69) is 40.9 Å². The zero-order chi connectivity index (χ0) is 13.1. The fraction of sp³-hybridized carbons (Fsp3) is 0.533. The van der Waals surface area contributed by atoms with Gasteiger partial charge in [-0.15, -0.1) is 0 Å². The second-order valence-electron chi connectivity index (χ2n) is 5.30. The molecular formula is C15H19BrN2.